The molecule has 0 aliphatic heterocycles. The molecular weight excluding hydrogens is 414 g/mol. The third-order valence-electron chi connectivity index (χ3n) is 5.33. The van der Waals surface area contributed by atoms with E-state index in [1.54, 1.807) is 0 Å². The fraction of sp³-hybridized carbons (Fsp3) is 0.304. The number of aliphatic carboxylic acids is 1. The van der Waals surface area contributed by atoms with E-state index in [0.29, 0.717) is 0 Å². The van der Waals surface area contributed by atoms with Gasteiger partial charge >= 0.3 is 12.1 Å². The number of carbonyl (C=O) groups excluding carboxylic acids is 3. The van der Waals surface area contributed by atoms with Gasteiger partial charge in [-0.3, -0.25) is 14.4 Å². The van der Waals surface area contributed by atoms with E-state index in [9.17, 15) is 19.2 Å². The molecule has 1 aliphatic rings. The Kier molecular flexibility index (Phi) is 7.09. The van der Waals surface area contributed by atoms with Crippen molar-refractivity contribution in [2.75, 3.05) is 13.7 Å². The zero-order chi connectivity index (χ0) is 23.3. The minimum Gasteiger partial charge on any atom is -0.481 e. The van der Waals surface area contributed by atoms with Crippen LogP contribution in [0.4, 0.5) is 4.79 Å². The first-order valence-electron chi connectivity index (χ1n) is 10.2. The Morgan fingerprint density at radius 3 is 2.03 bits per heavy atom. The number of likely N-dealkylation sites (N-methyl/N-ethyl adjacent to an activating group) is 1. The van der Waals surface area contributed by atoms with Crippen molar-refractivity contribution in [3.8, 4) is 11.1 Å². The molecule has 0 aromatic heterocycles. The summed E-state index contributed by atoms with van der Waals surface area (Å²) >= 11 is 0. The lowest BCUT2D eigenvalue weighted by Gasteiger charge is -2.20. The molecule has 1 aliphatic carbocycles. The van der Waals surface area contributed by atoms with Gasteiger partial charge in [-0.25, -0.2) is 4.79 Å². The first-order chi connectivity index (χ1) is 15.3. The van der Waals surface area contributed by atoms with E-state index >= 15 is 0 Å². The van der Waals surface area contributed by atoms with E-state index in [1.807, 2.05) is 48.5 Å². The van der Waals surface area contributed by atoms with Crippen molar-refractivity contribution in [2.24, 2.45) is 0 Å². The van der Waals surface area contributed by atoms with Crippen LogP contribution in [-0.4, -0.2) is 54.7 Å². The molecule has 0 bridgehead atoms. The van der Waals surface area contributed by atoms with E-state index in [-0.39, 0.29) is 12.5 Å². The molecule has 3 amide bonds. The Hall–Kier alpha value is -3.88. The fourth-order valence-electron chi connectivity index (χ4n) is 3.76. The summed E-state index contributed by atoms with van der Waals surface area (Å²) in [5.74, 6) is -2.70. The van der Waals surface area contributed by atoms with E-state index < -0.39 is 42.4 Å². The second-order valence-corrected chi connectivity index (χ2v) is 7.46. The van der Waals surface area contributed by atoms with Crippen LogP contribution in [0.15, 0.2) is 48.5 Å². The van der Waals surface area contributed by atoms with E-state index in [2.05, 4.69) is 16.0 Å². The van der Waals surface area contributed by atoms with Crippen LogP contribution >= 0.6 is 0 Å². The number of hydrogen-bond acceptors (Lipinski definition) is 5. The number of amides is 3. The number of carboxylic acid groups (broad SMARTS) is 1. The summed E-state index contributed by atoms with van der Waals surface area (Å²) in [7, 11) is 1.41. The second-order valence-electron chi connectivity index (χ2n) is 7.46. The molecule has 2 aromatic rings. The smallest absolute Gasteiger partial charge is 0.407 e. The van der Waals surface area contributed by atoms with Crippen LogP contribution in [-0.2, 0) is 19.1 Å². The van der Waals surface area contributed by atoms with Crippen LogP contribution in [0.25, 0.3) is 11.1 Å². The molecule has 9 nitrogen and oxygen atoms in total. The standard InChI is InChI=1S/C23H25N3O6/c1-13(21(29)24-2)25-22(30)19(11-20(27)28)26-23(31)32-12-18-16-9-5-3-7-14(16)15-8-4-6-10-17(15)18/h3-10,13,18-19H,11-12H2,1-2H3,(H,24,29)(H,25,30)(H,26,31)(H,27,28)/t13-,19?/m1/s1. The lowest BCUT2D eigenvalue weighted by molar-refractivity contribution is -0.140. The average Bonchev–Trinajstić information content (AvgIpc) is 3.10. The van der Waals surface area contributed by atoms with Crippen LogP contribution in [0, 0.1) is 0 Å². The Morgan fingerprint density at radius 2 is 1.50 bits per heavy atom. The Bertz CT molecular complexity index is 992. The molecule has 32 heavy (non-hydrogen) atoms. The van der Waals surface area contributed by atoms with Crippen LogP contribution in [0.1, 0.15) is 30.4 Å². The third-order valence-corrected chi connectivity index (χ3v) is 5.33. The van der Waals surface area contributed by atoms with Gasteiger partial charge in [-0.2, -0.15) is 0 Å². The van der Waals surface area contributed by atoms with Crippen LogP contribution in [0.5, 0.6) is 0 Å². The lowest BCUT2D eigenvalue weighted by Crippen LogP contribution is -2.53. The maximum Gasteiger partial charge on any atom is 0.407 e. The maximum atomic E-state index is 12.4. The van der Waals surface area contributed by atoms with Gasteiger partial charge in [-0.15, -0.1) is 0 Å². The number of benzene rings is 2. The first-order valence-corrected chi connectivity index (χ1v) is 10.2. The highest BCUT2D eigenvalue weighted by Gasteiger charge is 2.30. The third kappa shape index (κ3) is 5.05. The Morgan fingerprint density at radius 1 is 0.938 bits per heavy atom. The molecule has 0 saturated carbocycles. The molecular formula is C23H25N3O6. The molecule has 0 radical (unpaired) electrons. The molecule has 3 rings (SSSR count). The summed E-state index contributed by atoms with van der Waals surface area (Å²) in [5, 5.41) is 16.2. The number of carboxylic acids is 1. The summed E-state index contributed by atoms with van der Waals surface area (Å²) in [6.07, 6.45) is -1.57. The summed E-state index contributed by atoms with van der Waals surface area (Å²) in [5.41, 5.74) is 4.20. The minimum absolute atomic E-state index is 0.0237. The number of alkyl carbamates (subject to hydrolysis) is 1. The molecule has 9 heteroatoms. The molecule has 168 valence electrons. The van der Waals surface area contributed by atoms with Crippen LogP contribution in [0.2, 0.25) is 0 Å². The Labute approximate surface area is 185 Å². The van der Waals surface area contributed by atoms with Gasteiger partial charge in [-0.05, 0) is 29.2 Å². The van der Waals surface area contributed by atoms with E-state index in [1.165, 1.54) is 14.0 Å². The molecule has 2 aromatic carbocycles. The second kappa shape index (κ2) is 9.95. The van der Waals surface area contributed by atoms with Crippen LogP contribution in [0.3, 0.4) is 0 Å². The summed E-state index contributed by atoms with van der Waals surface area (Å²) < 4.78 is 5.37. The monoisotopic (exact) mass is 439 g/mol. The molecule has 2 atom stereocenters. The lowest BCUT2D eigenvalue weighted by atomic mass is 9.98. The quantitative estimate of drug-likeness (QED) is 0.494. The van der Waals surface area contributed by atoms with Crippen LogP contribution < -0.4 is 16.0 Å². The highest BCUT2D eigenvalue weighted by molar-refractivity contribution is 5.93. The van der Waals surface area contributed by atoms with Gasteiger partial charge in [0.05, 0.1) is 6.42 Å². The van der Waals surface area contributed by atoms with Gasteiger partial charge in [0, 0.05) is 13.0 Å². The highest BCUT2D eigenvalue weighted by atomic mass is 16.5. The van der Waals surface area contributed by atoms with Gasteiger partial charge in [-0.1, -0.05) is 48.5 Å². The highest BCUT2D eigenvalue weighted by Crippen LogP contribution is 2.44. The Balaban J connectivity index is 1.66. The number of nitrogens with one attached hydrogen (secondary N) is 3. The van der Waals surface area contributed by atoms with E-state index in [4.69, 9.17) is 9.84 Å². The molecule has 0 heterocycles. The largest absolute Gasteiger partial charge is 0.481 e. The normalized spacial score (nSPS) is 13.8. The summed E-state index contributed by atoms with van der Waals surface area (Å²) in [6, 6.07) is 13.4. The van der Waals surface area contributed by atoms with Crippen molar-refractivity contribution in [3.05, 3.63) is 59.7 Å². The van der Waals surface area contributed by atoms with Gasteiger partial charge in [0.25, 0.3) is 0 Å². The maximum absolute atomic E-state index is 12.4. The SMILES string of the molecule is CNC(=O)[C@@H](C)NC(=O)C(CC(=O)O)NC(=O)OCC1c2ccccc2-c2ccccc21. The molecule has 4 N–H and O–H groups in total. The van der Waals surface area contributed by atoms with Crippen molar-refractivity contribution in [1.29, 1.82) is 0 Å². The van der Waals surface area contributed by atoms with Gasteiger partial charge in [0.15, 0.2) is 0 Å². The van der Waals surface area contributed by atoms with Gasteiger partial charge in [0.1, 0.15) is 18.7 Å². The topological polar surface area (TPSA) is 134 Å². The molecule has 0 saturated heterocycles. The number of fused-ring (bicyclic) bond motifs is 3. The number of hydrogen-bond donors (Lipinski definition) is 4. The number of rotatable bonds is 8. The predicted octanol–water partition coefficient (Wildman–Crippen LogP) is 1.62. The molecule has 0 fully saturated rings. The van der Waals surface area contributed by atoms with E-state index in [0.717, 1.165) is 22.3 Å². The molecule has 0 spiro atoms. The number of ether oxygens (including phenoxy) is 1. The molecule has 1 unspecified atom stereocenters. The fourth-order valence-corrected chi connectivity index (χ4v) is 3.76. The summed E-state index contributed by atoms with van der Waals surface area (Å²) in [6.45, 7) is 1.47. The zero-order valence-corrected chi connectivity index (χ0v) is 17.8. The van der Waals surface area contributed by atoms with Crippen molar-refractivity contribution in [1.82, 2.24) is 16.0 Å². The van der Waals surface area contributed by atoms with Gasteiger partial charge < -0.3 is 25.8 Å². The van der Waals surface area contributed by atoms with Gasteiger partial charge in [0.2, 0.25) is 11.8 Å². The van der Waals surface area contributed by atoms with Crippen molar-refractivity contribution >= 4 is 23.9 Å². The van der Waals surface area contributed by atoms with Crippen molar-refractivity contribution in [2.45, 2.75) is 31.3 Å². The predicted molar refractivity (Wildman–Crippen MR) is 116 cm³/mol. The average molecular weight is 439 g/mol. The van der Waals surface area contributed by atoms with Crippen molar-refractivity contribution < 1.29 is 29.0 Å². The zero-order valence-electron chi connectivity index (χ0n) is 17.8. The number of carbonyl (C=O) groups is 4. The minimum atomic E-state index is -1.39. The van der Waals surface area contributed by atoms with Crippen molar-refractivity contribution in [3.63, 3.8) is 0 Å². The summed E-state index contributed by atoms with van der Waals surface area (Å²) in [4.78, 5) is 47.6. The first kappa shape index (κ1) is 22.8.